The highest BCUT2D eigenvalue weighted by atomic mass is 29.3. The molecule has 174 valence electrons. The van der Waals surface area contributed by atoms with Gasteiger partial charge in [-0.25, -0.2) is 0 Å². The van der Waals surface area contributed by atoms with E-state index in [0.29, 0.717) is 6.04 Å². The average Bonchev–Trinajstić information content (AvgIpc) is 2.51. The van der Waals surface area contributed by atoms with E-state index in [-0.39, 0.29) is 0 Å². The van der Waals surface area contributed by atoms with Crippen LogP contribution in [-0.2, 0) is 0 Å². The lowest BCUT2D eigenvalue weighted by Crippen LogP contribution is -2.55. The predicted molar refractivity (Wildman–Crippen MR) is 134 cm³/mol. The minimum atomic E-state index is -3.98. The number of unbranched alkanes of at least 4 members (excludes halogenated alkanes) is 4. The normalized spacial score (nSPS) is 14.4. The summed E-state index contributed by atoms with van der Waals surface area (Å²) in [6, 6.07) is 2.74. The van der Waals surface area contributed by atoms with E-state index in [0.717, 1.165) is 6.04 Å². The van der Waals surface area contributed by atoms with E-state index >= 15 is 0 Å². The molecule has 0 N–H and O–H groups in total. The van der Waals surface area contributed by atoms with Crippen LogP contribution in [0.4, 0.5) is 13.2 Å². The Morgan fingerprint density at radius 1 is 0.571 bits per heavy atom. The SMILES string of the molecule is CCCCC.CCCCC.C[Si](C)(C)CC[Si](C)(CCC(F)(F)F)[Si](C)(C)C. The lowest BCUT2D eigenvalue weighted by Gasteiger charge is -2.40. The van der Waals surface area contributed by atoms with Gasteiger partial charge in [0.15, 0.2) is 0 Å². The second kappa shape index (κ2) is 16.2. The van der Waals surface area contributed by atoms with E-state index in [1.54, 1.807) is 0 Å². The summed E-state index contributed by atoms with van der Waals surface area (Å²) in [5.41, 5.74) is 0. The summed E-state index contributed by atoms with van der Waals surface area (Å²) >= 11 is 0. The molecule has 0 rings (SSSR count). The summed E-state index contributed by atoms with van der Waals surface area (Å²) in [6.07, 6.45) is 3.61. The molecule has 0 fully saturated rings. The molecule has 28 heavy (non-hydrogen) atoms. The van der Waals surface area contributed by atoms with E-state index in [1.807, 2.05) is 0 Å². The standard InChI is InChI=1S/C12H29F3Si3.2C5H12/c1-16(2,3)10-11-18(7,17(4,5)6)9-8-12(13,14)15;2*1-3-5-4-2/h8-11H2,1-7H3;2*3-5H2,1-2H3. The maximum Gasteiger partial charge on any atom is 0.388 e. The number of rotatable bonds is 10. The summed E-state index contributed by atoms with van der Waals surface area (Å²) in [7, 11) is -4.31. The lowest BCUT2D eigenvalue weighted by atomic mass is 10.3. The Morgan fingerprint density at radius 3 is 1.11 bits per heavy atom. The highest BCUT2D eigenvalue weighted by molar-refractivity contribution is 7.40. The van der Waals surface area contributed by atoms with E-state index in [2.05, 4.69) is 73.5 Å². The number of hydrogen-bond acceptors (Lipinski definition) is 0. The van der Waals surface area contributed by atoms with Gasteiger partial charge in [-0.2, -0.15) is 13.2 Å². The van der Waals surface area contributed by atoms with Gasteiger partial charge in [-0.3, -0.25) is 0 Å². The maximum absolute atomic E-state index is 12.5. The zero-order valence-corrected chi connectivity index (χ0v) is 24.2. The van der Waals surface area contributed by atoms with Crippen molar-refractivity contribution in [1.29, 1.82) is 0 Å². The van der Waals surface area contributed by atoms with Crippen molar-refractivity contribution in [2.45, 2.75) is 143 Å². The molecule has 1 atom stereocenters. The zero-order chi connectivity index (χ0) is 23.1. The summed E-state index contributed by atoms with van der Waals surface area (Å²) in [5, 5.41) is 0. The van der Waals surface area contributed by atoms with E-state index in [4.69, 9.17) is 0 Å². The predicted octanol–water partition coefficient (Wildman–Crippen LogP) is 10.2. The van der Waals surface area contributed by atoms with Crippen molar-refractivity contribution in [3.8, 4) is 0 Å². The van der Waals surface area contributed by atoms with Crippen LogP contribution in [0.3, 0.4) is 0 Å². The molecule has 0 saturated heterocycles. The Bertz CT molecular complexity index is 314. The van der Waals surface area contributed by atoms with Crippen molar-refractivity contribution in [1.82, 2.24) is 0 Å². The molecule has 0 amide bonds. The smallest absolute Gasteiger partial charge is 0.171 e. The van der Waals surface area contributed by atoms with Crippen LogP contribution in [-0.4, -0.2) is 29.4 Å². The van der Waals surface area contributed by atoms with Crippen LogP contribution >= 0.6 is 0 Å². The molecule has 0 heterocycles. The van der Waals surface area contributed by atoms with Gasteiger partial charge in [-0.05, 0) is 0 Å². The molecule has 0 aromatic rings. The quantitative estimate of drug-likeness (QED) is 0.285. The first-order valence-corrected chi connectivity index (χ1v) is 22.7. The van der Waals surface area contributed by atoms with Gasteiger partial charge in [0.2, 0.25) is 0 Å². The van der Waals surface area contributed by atoms with E-state index in [9.17, 15) is 13.2 Å². The summed E-state index contributed by atoms with van der Waals surface area (Å²) in [5.74, 6) is 0. The molecule has 0 spiro atoms. The Hall–Kier alpha value is 0.441. The highest BCUT2D eigenvalue weighted by Crippen LogP contribution is 2.35. The molecule has 0 aromatic carbocycles. The molecule has 0 aromatic heterocycles. The van der Waals surface area contributed by atoms with Crippen molar-refractivity contribution in [3.05, 3.63) is 0 Å². The van der Waals surface area contributed by atoms with Crippen molar-refractivity contribution in [2.24, 2.45) is 0 Å². The molecule has 0 bridgehead atoms. The second-order valence-corrected chi connectivity index (χ2v) is 33.1. The van der Waals surface area contributed by atoms with Crippen LogP contribution in [0.1, 0.15) is 72.6 Å². The Kier molecular flexibility index (Phi) is 19.1. The van der Waals surface area contributed by atoms with E-state index in [1.165, 1.54) is 44.6 Å². The summed E-state index contributed by atoms with van der Waals surface area (Å²) in [6.45, 7) is 24.8. The third-order valence-corrected chi connectivity index (χ3v) is 26.6. The molecule has 0 aliphatic rings. The third kappa shape index (κ3) is 22.7. The second-order valence-electron chi connectivity index (χ2n) is 10.7. The van der Waals surface area contributed by atoms with Gasteiger partial charge in [0.1, 0.15) is 0 Å². The minimum absolute atomic E-state index is 0.441. The first kappa shape index (κ1) is 33.1. The third-order valence-electron chi connectivity index (χ3n) is 5.61. The number of halogens is 3. The fourth-order valence-electron chi connectivity index (χ4n) is 2.65. The van der Waals surface area contributed by atoms with Crippen LogP contribution in [0.15, 0.2) is 0 Å². The van der Waals surface area contributed by atoms with Crippen molar-refractivity contribution in [3.63, 3.8) is 0 Å². The van der Waals surface area contributed by atoms with Gasteiger partial charge in [0.05, 0.1) is 0 Å². The van der Waals surface area contributed by atoms with Crippen molar-refractivity contribution >= 4 is 23.3 Å². The van der Waals surface area contributed by atoms with E-state index < -0.39 is 35.9 Å². The summed E-state index contributed by atoms with van der Waals surface area (Å²) < 4.78 is 37.5. The van der Waals surface area contributed by atoms with Gasteiger partial charge in [-0.1, -0.05) is 130 Å². The first-order valence-electron chi connectivity index (χ1n) is 11.6. The van der Waals surface area contributed by atoms with Crippen molar-refractivity contribution < 1.29 is 13.2 Å². The minimum Gasteiger partial charge on any atom is -0.171 e. The number of hydrogen-bond donors (Lipinski definition) is 0. The molecule has 0 aliphatic carbocycles. The fourth-order valence-corrected chi connectivity index (χ4v) is 16.4. The Morgan fingerprint density at radius 2 is 0.929 bits per heavy atom. The van der Waals surface area contributed by atoms with Gasteiger partial charge in [0, 0.05) is 29.7 Å². The van der Waals surface area contributed by atoms with Crippen LogP contribution in [0.5, 0.6) is 0 Å². The molecule has 1 unspecified atom stereocenters. The van der Waals surface area contributed by atoms with Gasteiger partial charge < -0.3 is 0 Å². The molecule has 0 aliphatic heterocycles. The number of alkyl halides is 3. The Labute approximate surface area is 179 Å². The van der Waals surface area contributed by atoms with Crippen LogP contribution in [0.2, 0.25) is 64.0 Å². The molecule has 6 heteroatoms. The average molecular weight is 459 g/mol. The molecule has 0 nitrogen and oxygen atoms in total. The fraction of sp³-hybridized carbons (Fsp3) is 1.00. The topological polar surface area (TPSA) is 0 Å². The molecule has 0 saturated carbocycles. The van der Waals surface area contributed by atoms with Gasteiger partial charge in [-0.15, -0.1) is 0 Å². The molecular formula is C22H53F3Si3. The maximum atomic E-state index is 12.5. The highest BCUT2D eigenvalue weighted by Gasteiger charge is 2.43. The molecular weight excluding hydrogens is 405 g/mol. The van der Waals surface area contributed by atoms with Gasteiger partial charge in [0.25, 0.3) is 0 Å². The van der Waals surface area contributed by atoms with Crippen molar-refractivity contribution in [2.75, 3.05) is 0 Å². The Balaban J connectivity index is -0.000000512. The van der Waals surface area contributed by atoms with Gasteiger partial charge >= 0.3 is 6.18 Å². The molecule has 0 radical (unpaired) electrons. The zero-order valence-electron chi connectivity index (χ0n) is 21.2. The van der Waals surface area contributed by atoms with Crippen LogP contribution < -0.4 is 0 Å². The lowest BCUT2D eigenvalue weighted by molar-refractivity contribution is -0.130. The largest absolute Gasteiger partial charge is 0.388 e. The summed E-state index contributed by atoms with van der Waals surface area (Å²) in [4.78, 5) is 0. The van der Waals surface area contributed by atoms with Crippen LogP contribution in [0, 0.1) is 0 Å². The monoisotopic (exact) mass is 458 g/mol. The van der Waals surface area contributed by atoms with Crippen LogP contribution in [0.25, 0.3) is 0 Å². The first-order chi connectivity index (χ1) is 12.5.